The van der Waals surface area contributed by atoms with Crippen molar-refractivity contribution in [3.05, 3.63) is 0 Å². The highest BCUT2D eigenvalue weighted by atomic mass is 16.5. The lowest BCUT2D eigenvalue weighted by atomic mass is 10.1. The fourth-order valence-corrected chi connectivity index (χ4v) is 1.12. The molecule has 1 atom stereocenters. The van der Waals surface area contributed by atoms with E-state index in [0.29, 0.717) is 6.42 Å². The van der Waals surface area contributed by atoms with Gasteiger partial charge in [0.2, 0.25) is 5.91 Å². The van der Waals surface area contributed by atoms with Crippen molar-refractivity contribution in [3.63, 3.8) is 0 Å². The summed E-state index contributed by atoms with van der Waals surface area (Å²) in [5.74, 6) is 0.193. The number of methoxy groups -OCH3 is 1. The summed E-state index contributed by atoms with van der Waals surface area (Å²) in [5.41, 5.74) is 0. The summed E-state index contributed by atoms with van der Waals surface area (Å²) >= 11 is 0. The second-order valence-electron chi connectivity index (χ2n) is 2.67. The molecule has 58 valence electrons. The van der Waals surface area contributed by atoms with E-state index in [1.54, 1.807) is 12.0 Å². The Bertz CT molecular complexity index is 136. The molecule has 0 aromatic rings. The van der Waals surface area contributed by atoms with Crippen LogP contribution in [0, 0.1) is 0 Å². The Balaban J connectivity index is 2.41. The molecule has 1 aliphatic heterocycles. The number of ether oxygens (including phenoxy) is 1. The summed E-state index contributed by atoms with van der Waals surface area (Å²) in [6.45, 7) is 0.831. The maximum atomic E-state index is 11.0. The standard InChI is InChI=1S/C7H13NO2/c1-8-4-3-6(10-2)5-7(8)9/h6H,3-5H2,1-2H3. The van der Waals surface area contributed by atoms with Crippen LogP contribution in [-0.4, -0.2) is 37.6 Å². The third-order valence-corrected chi connectivity index (χ3v) is 1.95. The average Bonchev–Trinajstić information content (AvgIpc) is 1.95. The van der Waals surface area contributed by atoms with Crippen molar-refractivity contribution in [1.82, 2.24) is 4.90 Å². The molecule has 1 aliphatic rings. The maximum absolute atomic E-state index is 11.0. The Morgan fingerprint density at radius 1 is 1.70 bits per heavy atom. The van der Waals surface area contributed by atoms with Crippen LogP contribution >= 0.6 is 0 Å². The monoisotopic (exact) mass is 143 g/mol. The Morgan fingerprint density at radius 2 is 2.40 bits per heavy atom. The molecule has 3 heteroatoms. The van der Waals surface area contributed by atoms with Crippen LogP contribution in [0.1, 0.15) is 12.8 Å². The zero-order chi connectivity index (χ0) is 7.56. The van der Waals surface area contributed by atoms with E-state index in [1.807, 2.05) is 7.05 Å². The molecular weight excluding hydrogens is 130 g/mol. The van der Waals surface area contributed by atoms with Crippen molar-refractivity contribution >= 4 is 5.91 Å². The smallest absolute Gasteiger partial charge is 0.224 e. The first-order chi connectivity index (χ1) is 4.74. The third kappa shape index (κ3) is 1.48. The Morgan fingerprint density at radius 3 is 2.90 bits per heavy atom. The SMILES string of the molecule is COC1CCN(C)C(=O)C1. The summed E-state index contributed by atoms with van der Waals surface area (Å²) in [7, 11) is 3.48. The highest BCUT2D eigenvalue weighted by molar-refractivity contribution is 5.77. The fourth-order valence-electron chi connectivity index (χ4n) is 1.12. The number of piperidine rings is 1. The predicted octanol–water partition coefficient (Wildman–Crippen LogP) is 0.254. The van der Waals surface area contributed by atoms with Gasteiger partial charge in [-0.1, -0.05) is 0 Å². The first-order valence-corrected chi connectivity index (χ1v) is 3.51. The molecule has 0 N–H and O–H groups in total. The van der Waals surface area contributed by atoms with Crippen molar-refractivity contribution in [2.75, 3.05) is 20.7 Å². The highest BCUT2D eigenvalue weighted by Crippen LogP contribution is 2.11. The summed E-state index contributed by atoms with van der Waals surface area (Å²) in [6.07, 6.45) is 1.68. The molecule has 1 fully saturated rings. The molecule has 0 radical (unpaired) electrons. The largest absolute Gasteiger partial charge is 0.381 e. The zero-order valence-corrected chi connectivity index (χ0v) is 6.46. The second kappa shape index (κ2) is 3.01. The van der Waals surface area contributed by atoms with Crippen LogP contribution in [-0.2, 0) is 9.53 Å². The molecular formula is C7H13NO2. The van der Waals surface area contributed by atoms with Gasteiger partial charge >= 0.3 is 0 Å². The first-order valence-electron chi connectivity index (χ1n) is 3.51. The van der Waals surface area contributed by atoms with Crippen LogP contribution in [0.25, 0.3) is 0 Å². The van der Waals surface area contributed by atoms with Gasteiger partial charge in [-0.05, 0) is 6.42 Å². The van der Waals surface area contributed by atoms with Crippen molar-refractivity contribution < 1.29 is 9.53 Å². The summed E-state index contributed by atoms with van der Waals surface area (Å²) in [6, 6.07) is 0. The number of hydrogen-bond acceptors (Lipinski definition) is 2. The number of carbonyl (C=O) groups is 1. The lowest BCUT2D eigenvalue weighted by Gasteiger charge is -2.27. The molecule has 1 saturated heterocycles. The molecule has 10 heavy (non-hydrogen) atoms. The number of likely N-dealkylation sites (tertiary alicyclic amines) is 1. The molecule has 1 heterocycles. The lowest BCUT2D eigenvalue weighted by Crippen LogP contribution is -2.38. The molecule has 1 amide bonds. The van der Waals surface area contributed by atoms with Crippen molar-refractivity contribution in [2.24, 2.45) is 0 Å². The van der Waals surface area contributed by atoms with E-state index >= 15 is 0 Å². The average molecular weight is 143 g/mol. The van der Waals surface area contributed by atoms with Crippen LogP contribution in [0.2, 0.25) is 0 Å². The minimum absolute atomic E-state index is 0.156. The van der Waals surface area contributed by atoms with E-state index in [1.165, 1.54) is 0 Å². The van der Waals surface area contributed by atoms with E-state index in [-0.39, 0.29) is 12.0 Å². The van der Waals surface area contributed by atoms with Gasteiger partial charge in [-0.25, -0.2) is 0 Å². The van der Waals surface area contributed by atoms with Crippen LogP contribution in [0.3, 0.4) is 0 Å². The number of carbonyl (C=O) groups excluding carboxylic acids is 1. The Labute approximate surface area is 61.0 Å². The van der Waals surface area contributed by atoms with Crippen LogP contribution in [0.5, 0.6) is 0 Å². The van der Waals surface area contributed by atoms with Gasteiger partial charge in [-0.2, -0.15) is 0 Å². The molecule has 1 unspecified atom stereocenters. The Kier molecular flexibility index (Phi) is 2.27. The van der Waals surface area contributed by atoms with Crippen molar-refractivity contribution in [3.8, 4) is 0 Å². The van der Waals surface area contributed by atoms with Crippen LogP contribution in [0.15, 0.2) is 0 Å². The van der Waals surface area contributed by atoms with Crippen LogP contribution in [0.4, 0.5) is 0 Å². The zero-order valence-electron chi connectivity index (χ0n) is 6.46. The molecule has 0 aliphatic carbocycles. The normalized spacial score (nSPS) is 27.2. The van der Waals surface area contributed by atoms with Crippen LogP contribution < -0.4 is 0 Å². The number of nitrogens with zero attached hydrogens (tertiary/aromatic N) is 1. The second-order valence-corrected chi connectivity index (χ2v) is 2.67. The maximum Gasteiger partial charge on any atom is 0.224 e. The summed E-state index contributed by atoms with van der Waals surface area (Å²) in [4.78, 5) is 12.8. The van der Waals surface area contributed by atoms with E-state index in [0.717, 1.165) is 13.0 Å². The van der Waals surface area contributed by atoms with Crippen molar-refractivity contribution in [1.29, 1.82) is 0 Å². The van der Waals surface area contributed by atoms with Gasteiger partial charge in [0, 0.05) is 20.7 Å². The molecule has 1 rings (SSSR count). The number of amides is 1. The predicted molar refractivity (Wildman–Crippen MR) is 37.7 cm³/mol. The van der Waals surface area contributed by atoms with Crippen molar-refractivity contribution in [2.45, 2.75) is 18.9 Å². The van der Waals surface area contributed by atoms with E-state index in [9.17, 15) is 4.79 Å². The third-order valence-electron chi connectivity index (χ3n) is 1.95. The summed E-state index contributed by atoms with van der Waals surface area (Å²) in [5, 5.41) is 0. The number of hydrogen-bond donors (Lipinski definition) is 0. The minimum Gasteiger partial charge on any atom is -0.381 e. The molecule has 0 saturated carbocycles. The van der Waals surface area contributed by atoms with Gasteiger partial charge in [0.1, 0.15) is 0 Å². The minimum atomic E-state index is 0.156. The van der Waals surface area contributed by atoms with Gasteiger partial charge in [0.15, 0.2) is 0 Å². The van der Waals surface area contributed by atoms with Gasteiger partial charge in [0.05, 0.1) is 12.5 Å². The van der Waals surface area contributed by atoms with E-state index in [4.69, 9.17) is 4.74 Å². The first kappa shape index (κ1) is 7.54. The summed E-state index contributed by atoms with van der Waals surface area (Å²) < 4.78 is 5.06. The van der Waals surface area contributed by atoms with Gasteiger partial charge in [-0.15, -0.1) is 0 Å². The quantitative estimate of drug-likeness (QED) is 0.526. The molecule has 3 nitrogen and oxygen atoms in total. The number of rotatable bonds is 1. The lowest BCUT2D eigenvalue weighted by molar-refractivity contribution is -0.136. The van der Waals surface area contributed by atoms with E-state index < -0.39 is 0 Å². The molecule has 0 aromatic heterocycles. The van der Waals surface area contributed by atoms with Gasteiger partial charge in [0.25, 0.3) is 0 Å². The molecule has 0 bridgehead atoms. The highest BCUT2D eigenvalue weighted by Gasteiger charge is 2.22. The van der Waals surface area contributed by atoms with Gasteiger partial charge in [-0.3, -0.25) is 4.79 Å². The molecule has 0 spiro atoms. The molecule has 0 aromatic carbocycles. The fraction of sp³-hybridized carbons (Fsp3) is 0.857. The Hall–Kier alpha value is -0.570. The topological polar surface area (TPSA) is 29.5 Å². The van der Waals surface area contributed by atoms with Gasteiger partial charge < -0.3 is 9.64 Å². The van der Waals surface area contributed by atoms with E-state index in [2.05, 4.69) is 0 Å².